The Labute approximate surface area is 79.5 Å². The molecule has 0 unspecified atom stereocenters. The zero-order valence-corrected chi connectivity index (χ0v) is 7.30. The zero-order valence-electron chi connectivity index (χ0n) is 7.30. The lowest BCUT2D eigenvalue weighted by Gasteiger charge is -2.14. The first-order chi connectivity index (χ1) is 6.68. The Morgan fingerprint density at radius 3 is 3.07 bits per heavy atom. The van der Waals surface area contributed by atoms with Crippen molar-refractivity contribution in [1.82, 2.24) is 0 Å². The number of nitro groups is 1. The third-order valence-corrected chi connectivity index (χ3v) is 2.16. The van der Waals surface area contributed by atoms with Crippen LogP contribution >= 0.6 is 0 Å². The van der Waals surface area contributed by atoms with E-state index in [-0.39, 0.29) is 12.3 Å². The summed E-state index contributed by atoms with van der Waals surface area (Å²) in [4.78, 5) is 9.87. The molecular formula is C8H8N2O4. The molecule has 1 aliphatic heterocycles. The molecule has 6 heteroatoms. The second-order valence-corrected chi connectivity index (χ2v) is 3.06. The summed E-state index contributed by atoms with van der Waals surface area (Å²) in [7, 11) is 0. The lowest BCUT2D eigenvalue weighted by atomic mass is 10.1. The zero-order chi connectivity index (χ0) is 10.1. The SMILES string of the molecule is O=[N+]([O-])c1cc2c([n+]([O-])c1)CCOC2. The van der Waals surface area contributed by atoms with Crippen LogP contribution in [0.2, 0.25) is 0 Å². The minimum absolute atomic E-state index is 0.191. The molecule has 0 spiro atoms. The van der Waals surface area contributed by atoms with E-state index in [0.717, 1.165) is 6.20 Å². The lowest BCUT2D eigenvalue weighted by molar-refractivity contribution is -0.619. The Hall–Kier alpha value is -1.69. The first-order valence-corrected chi connectivity index (χ1v) is 4.15. The fraction of sp³-hybridized carbons (Fsp3) is 0.375. The molecule has 0 saturated heterocycles. The molecule has 0 bridgehead atoms. The quantitative estimate of drug-likeness (QED) is 0.280. The highest BCUT2D eigenvalue weighted by atomic mass is 16.6. The molecule has 0 aromatic carbocycles. The van der Waals surface area contributed by atoms with Gasteiger partial charge in [0.05, 0.1) is 30.1 Å². The van der Waals surface area contributed by atoms with Gasteiger partial charge in [0.1, 0.15) is 0 Å². The highest BCUT2D eigenvalue weighted by Crippen LogP contribution is 2.18. The molecule has 2 heterocycles. The minimum Gasteiger partial charge on any atom is -0.618 e. The van der Waals surface area contributed by atoms with Gasteiger partial charge in [-0.3, -0.25) is 10.1 Å². The van der Waals surface area contributed by atoms with E-state index in [1.807, 2.05) is 0 Å². The van der Waals surface area contributed by atoms with Crippen molar-refractivity contribution >= 4 is 5.69 Å². The van der Waals surface area contributed by atoms with Crippen molar-refractivity contribution in [2.45, 2.75) is 13.0 Å². The summed E-state index contributed by atoms with van der Waals surface area (Å²) in [5.74, 6) is 0. The Morgan fingerprint density at radius 2 is 2.36 bits per heavy atom. The van der Waals surface area contributed by atoms with Crippen LogP contribution in [0.1, 0.15) is 11.3 Å². The first-order valence-electron chi connectivity index (χ1n) is 4.15. The van der Waals surface area contributed by atoms with Crippen molar-refractivity contribution in [3.63, 3.8) is 0 Å². The van der Waals surface area contributed by atoms with Gasteiger partial charge in [0.2, 0.25) is 5.69 Å². The van der Waals surface area contributed by atoms with E-state index >= 15 is 0 Å². The van der Waals surface area contributed by atoms with Crippen molar-refractivity contribution in [2.75, 3.05) is 6.61 Å². The number of hydrogen-bond donors (Lipinski definition) is 0. The second kappa shape index (κ2) is 3.22. The molecule has 0 atom stereocenters. The summed E-state index contributed by atoms with van der Waals surface area (Å²) in [6.45, 7) is 0.770. The number of pyridine rings is 1. The van der Waals surface area contributed by atoms with Crippen LogP contribution in [0.25, 0.3) is 0 Å². The Bertz CT molecular complexity index is 391. The van der Waals surface area contributed by atoms with E-state index in [4.69, 9.17) is 4.74 Å². The summed E-state index contributed by atoms with van der Waals surface area (Å²) in [6, 6.07) is 1.39. The van der Waals surface area contributed by atoms with Crippen LogP contribution in [0.5, 0.6) is 0 Å². The lowest BCUT2D eigenvalue weighted by Crippen LogP contribution is -2.36. The molecule has 1 aromatic heterocycles. The molecule has 6 nitrogen and oxygen atoms in total. The van der Waals surface area contributed by atoms with Gasteiger partial charge in [-0.25, -0.2) is 0 Å². The van der Waals surface area contributed by atoms with Gasteiger partial charge in [0.25, 0.3) is 6.20 Å². The van der Waals surface area contributed by atoms with E-state index in [9.17, 15) is 15.3 Å². The minimum atomic E-state index is -0.580. The third-order valence-electron chi connectivity index (χ3n) is 2.16. The Morgan fingerprint density at radius 1 is 1.57 bits per heavy atom. The smallest absolute Gasteiger partial charge is 0.334 e. The number of fused-ring (bicyclic) bond motifs is 1. The number of aromatic nitrogens is 1. The Balaban J connectivity index is 2.51. The molecule has 0 fully saturated rings. The van der Waals surface area contributed by atoms with Crippen molar-refractivity contribution in [3.8, 4) is 0 Å². The molecular weight excluding hydrogens is 188 g/mol. The molecule has 14 heavy (non-hydrogen) atoms. The monoisotopic (exact) mass is 196 g/mol. The topological polar surface area (TPSA) is 79.3 Å². The third kappa shape index (κ3) is 1.39. The first kappa shape index (κ1) is 8.89. The average Bonchev–Trinajstić information content (AvgIpc) is 2.17. The van der Waals surface area contributed by atoms with Crippen LogP contribution in [0, 0.1) is 15.3 Å². The molecule has 74 valence electrons. The fourth-order valence-corrected chi connectivity index (χ4v) is 1.49. The van der Waals surface area contributed by atoms with E-state index in [1.54, 1.807) is 0 Å². The maximum Gasteiger partial charge on any atom is 0.334 e. The molecule has 0 N–H and O–H groups in total. The number of rotatable bonds is 1. The van der Waals surface area contributed by atoms with Gasteiger partial charge in [-0.15, -0.1) is 0 Å². The molecule has 1 aliphatic rings. The van der Waals surface area contributed by atoms with E-state index in [2.05, 4.69) is 0 Å². The van der Waals surface area contributed by atoms with Gasteiger partial charge in [0, 0.05) is 6.07 Å². The highest BCUT2D eigenvalue weighted by molar-refractivity contribution is 5.31. The molecule has 0 saturated carbocycles. The van der Waals surface area contributed by atoms with Gasteiger partial charge in [-0.2, -0.15) is 4.73 Å². The maximum absolute atomic E-state index is 11.3. The summed E-state index contributed by atoms with van der Waals surface area (Å²) in [6.07, 6.45) is 1.50. The fourth-order valence-electron chi connectivity index (χ4n) is 1.49. The van der Waals surface area contributed by atoms with Crippen LogP contribution in [-0.2, 0) is 17.8 Å². The predicted octanol–water partition coefficient (Wildman–Crippen LogP) is 0.301. The van der Waals surface area contributed by atoms with Crippen molar-refractivity contribution < 1.29 is 14.4 Å². The summed E-state index contributed by atoms with van der Waals surface area (Å²) < 4.78 is 5.68. The van der Waals surface area contributed by atoms with E-state index in [0.29, 0.717) is 29.0 Å². The molecule has 2 rings (SSSR count). The van der Waals surface area contributed by atoms with Gasteiger partial charge < -0.3 is 9.94 Å². The maximum atomic E-state index is 11.3. The van der Waals surface area contributed by atoms with Crippen LogP contribution in [0.4, 0.5) is 5.69 Å². The summed E-state index contributed by atoms with van der Waals surface area (Å²) in [5, 5.41) is 21.8. The molecule has 0 amide bonds. The highest BCUT2D eigenvalue weighted by Gasteiger charge is 2.22. The standard InChI is InChI=1S/C8H8N2O4/c11-9-4-7(10(12)13)3-6-5-14-2-1-8(6)9/h3-4H,1-2,5H2. The molecule has 1 aromatic rings. The van der Waals surface area contributed by atoms with Crippen LogP contribution in [0.15, 0.2) is 12.3 Å². The van der Waals surface area contributed by atoms with Gasteiger partial charge >= 0.3 is 5.69 Å². The van der Waals surface area contributed by atoms with Crippen LogP contribution in [-0.4, -0.2) is 11.5 Å². The average molecular weight is 196 g/mol. The summed E-state index contributed by atoms with van der Waals surface area (Å²) >= 11 is 0. The van der Waals surface area contributed by atoms with Crippen LogP contribution < -0.4 is 4.73 Å². The number of nitrogens with zero attached hydrogens (tertiary/aromatic N) is 2. The van der Waals surface area contributed by atoms with Gasteiger partial charge in [-0.05, 0) is 0 Å². The van der Waals surface area contributed by atoms with Crippen molar-refractivity contribution in [3.05, 3.63) is 38.8 Å². The molecule has 0 radical (unpaired) electrons. The Kier molecular flexibility index (Phi) is 2.05. The number of ether oxygens (including phenoxy) is 1. The number of hydrogen-bond acceptors (Lipinski definition) is 4. The van der Waals surface area contributed by atoms with Crippen molar-refractivity contribution in [2.24, 2.45) is 0 Å². The predicted molar refractivity (Wildman–Crippen MR) is 45.4 cm³/mol. The van der Waals surface area contributed by atoms with Crippen LogP contribution in [0.3, 0.4) is 0 Å². The van der Waals surface area contributed by atoms with Gasteiger partial charge in [-0.1, -0.05) is 0 Å². The van der Waals surface area contributed by atoms with E-state index in [1.165, 1.54) is 6.07 Å². The summed E-state index contributed by atoms with van der Waals surface area (Å²) in [5.41, 5.74) is 0.992. The van der Waals surface area contributed by atoms with Gasteiger partial charge in [0.15, 0.2) is 0 Å². The van der Waals surface area contributed by atoms with E-state index < -0.39 is 4.92 Å². The molecule has 0 aliphatic carbocycles. The second-order valence-electron chi connectivity index (χ2n) is 3.06. The van der Waals surface area contributed by atoms with Crippen molar-refractivity contribution in [1.29, 1.82) is 0 Å². The normalized spacial score (nSPS) is 14.9. The largest absolute Gasteiger partial charge is 0.618 e.